The van der Waals surface area contributed by atoms with E-state index in [0.717, 1.165) is 22.2 Å². The first-order chi connectivity index (χ1) is 12.2. The van der Waals surface area contributed by atoms with Crippen molar-refractivity contribution in [1.29, 1.82) is 0 Å². The second-order valence-corrected chi connectivity index (χ2v) is 6.25. The average Bonchev–Trinajstić information content (AvgIpc) is 3.02. The van der Waals surface area contributed by atoms with E-state index in [4.69, 9.17) is 0 Å². The van der Waals surface area contributed by atoms with Gasteiger partial charge in [0, 0.05) is 41.3 Å². The van der Waals surface area contributed by atoms with Gasteiger partial charge in [-0.25, -0.2) is 14.4 Å². The first-order valence-electron chi connectivity index (χ1n) is 8.05. The normalized spacial score (nSPS) is 19.4. The number of carbonyl (C=O) groups is 1. The summed E-state index contributed by atoms with van der Waals surface area (Å²) in [5, 5.41) is 3.62. The predicted molar refractivity (Wildman–Crippen MR) is 91.9 cm³/mol. The highest BCUT2D eigenvalue weighted by molar-refractivity contribution is 5.97. The largest absolute Gasteiger partial charge is 0.345 e. The first-order valence-corrected chi connectivity index (χ1v) is 8.05. The Morgan fingerprint density at radius 3 is 3.04 bits per heavy atom. The fourth-order valence-corrected chi connectivity index (χ4v) is 3.05. The number of carbonyl (C=O) groups excluding carboxylic acids is 1. The molecule has 0 aromatic carbocycles. The molecule has 1 aliphatic carbocycles. The number of pyridine rings is 2. The van der Waals surface area contributed by atoms with E-state index in [0.29, 0.717) is 17.9 Å². The Morgan fingerprint density at radius 1 is 1.32 bits per heavy atom. The van der Waals surface area contributed by atoms with Crippen LogP contribution in [0.2, 0.25) is 0 Å². The second kappa shape index (κ2) is 5.14. The molecule has 25 heavy (non-hydrogen) atoms. The van der Waals surface area contributed by atoms with E-state index >= 15 is 0 Å². The fraction of sp³-hybridized carbons (Fsp3) is 0.167. The molecule has 0 spiro atoms. The van der Waals surface area contributed by atoms with E-state index in [2.05, 4.69) is 20.3 Å². The Kier molecular flexibility index (Phi) is 2.91. The second-order valence-electron chi connectivity index (χ2n) is 6.25. The van der Waals surface area contributed by atoms with Crippen LogP contribution >= 0.6 is 0 Å². The molecule has 4 aromatic heterocycles. The van der Waals surface area contributed by atoms with E-state index in [1.807, 2.05) is 41.2 Å². The van der Waals surface area contributed by atoms with Crippen molar-refractivity contribution in [3.8, 4) is 11.1 Å². The van der Waals surface area contributed by atoms with E-state index in [1.165, 1.54) is 0 Å². The smallest absolute Gasteiger partial charge is 0.231 e. The van der Waals surface area contributed by atoms with Crippen molar-refractivity contribution in [2.45, 2.75) is 12.6 Å². The number of amides is 1. The van der Waals surface area contributed by atoms with Crippen molar-refractivity contribution in [3.63, 3.8) is 0 Å². The number of aromatic nitrogens is 4. The minimum atomic E-state index is -1.01. The third-order valence-electron chi connectivity index (χ3n) is 4.54. The Bertz CT molecular complexity index is 1120. The summed E-state index contributed by atoms with van der Waals surface area (Å²) in [6.07, 6.45) is 6.84. The van der Waals surface area contributed by atoms with E-state index < -0.39 is 12.1 Å². The number of anilines is 1. The van der Waals surface area contributed by atoms with Gasteiger partial charge in [0.05, 0.1) is 5.92 Å². The molecule has 1 saturated carbocycles. The van der Waals surface area contributed by atoms with Gasteiger partial charge < -0.3 is 14.7 Å². The van der Waals surface area contributed by atoms with Crippen LogP contribution in [0.25, 0.3) is 27.8 Å². The van der Waals surface area contributed by atoms with Gasteiger partial charge in [-0.1, -0.05) is 0 Å². The zero-order valence-corrected chi connectivity index (χ0v) is 13.1. The summed E-state index contributed by atoms with van der Waals surface area (Å²) in [6, 6.07) is 7.61. The van der Waals surface area contributed by atoms with Crippen molar-refractivity contribution in [2.75, 3.05) is 5.32 Å². The van der Waals surface area contributed by atoms with E-state index in [-0.39, 0.29) is 5.91 Å². The summed E-state index contributed by atoms with van der Waals surface area (Å²) in [5.74, 6) is -0.412. The summed E-state index contributed by atoms with van der Waals surface area (Å²) in [7, 11) is 0. The molecule has 2 atom stereocenters. The molecule has 2 N–H and O–H groups in total. The van der Waals surface area contributed by atoms with Gasteiger partial charge in [0.2, 0.25) is 5.91 Å². The minimum Gasteiger partial charge on any atom is -0.345 e. The number of rotatable bonds is 3. The third-order valence-corrected chi connectivity index (χ3v) is 4.54. The third kappa shape index (κ3) is 2.36. The number of hydrogen-bond donors (Lipinski definition) is 2. The van der Waals surface area contributed by atoms with E-state index in [1.54, 1.807) is 12.3 Å². The highest BCUT2D eigenvalue weighted by Crippen LogP contribution is 2.35. The maximum atomic E-state index is 13.0. The van der Waals surface area contributed by atoms with Crippen LogP contribution in [0.5, 0.6) is 0 Å². The molecule has 0 saturated heterocycles. The molecule has 1 aliphatic rings. The molecule has 1 amide bonds. The highest BCUT2D eigenvalue weighted by atomic mass is 19.1. The molecule has 124 valence electrons. The summed E-state index contributed by atoms with van der Waals surface area (Å²) in [5.41, 5.74) is 3.61. The van der Waals surface area contributed by atoms with Gasteiger partial charge in [-0.3, -0.25) is 4.79 Å². The molecular formula is C18H14FN5O. The number of hydrogen-bond acceptors (Lipinski definition) is 3. The minimum absolute atomic E-state index is 0.303. The number of aromatic amines is 1. The van der Waals surface area contributed by atoms with Crippen LogP contribution in [-0.2, 0) is 4.79 Å². The Hall–Kier alpha value is -3.22. The Balaban J connectivity index is 1.49. The Morgan fingerprint density at radius 2 is 2.20 bits per heavy atom. The number of nitrogens with one attached hydrogen (secondary N) is 2. The molecular weight excluding hydrogens is 321 g/mol. The molecule has 6 nitrogen and oxygen atoms in total. The van der Waals surface area contributed by atoms with Crippen LogP contribution in [0.4, 0.5) is 10.2 Å². The summed E-state index contributed by atoms with van der Waals surface area (Å²) in [4.78, 5) is 23.6. The van der Waals surface area contributed by atoms with Crippen molar-refractivity contribution >= 4 is 28.4 Å². The van der Waals surface area contributed by atoms with Crippen molar-refractivity contribution in [3.05, 3.63) is 49.1 Å². The lowest BCUT2D eigenvalue weighted by molar-refractivity contribution is -0.117. The van der Waals surface area contributed by atoms with Crippen molar-refractivity contribution in [1.82, 2.24) is 19.4 Å². The molecule has 1 fully saturated rings. The Labute approximate surface area is 141 Å². The standard InChI is InChI=1S/C18H14FN5O/c19-14-7-12(14)18(25)23-15-3-2-11-13(8-21-17(11)22-15)10-1-4-16-20-5-6-24(16)9-10/h1-6,8-9,12,14H,7H2,(H2,21,22,23,25)/t12-,14+/m1/s1. The zero-order chi connectivity index (χ0) is 17.0. The van der Waals surface area contributed by atoms with Gasteiger partial charge in [-0.15, -0.1) is 0 Å². The zero-order valence-electron chi connectivity index (χ0n) is 13.1. The van der Waals surface area contributed by atoms with Crippen LogP contribution in [-0.4, -0.2) is 31.4 Å². The molecule has 4 aromatic rings. The number of fused-ring (bicyclic) bond motifs is 2. The lowest BCUT2D eigenvalue weighted by Crippen LogP contribution is -2.15. The summed E-state index contributed by atoms with van der Waals surface area (Å²) >= 11 is 0. The molecule has 0 radical (unpaired) electrons. The van der Waals surface area contributed by atoms with Gasteiger partial charge in [0.15, 0.2) is 0 Å². The quantitative estimate of drug-likeness (QED) is 0.604. The van der Waals surface area contributed by atoms with E-state index in [9.17, 15) is 9.18 Å². The van der Waals surface area contributed by atoms with Gasteiger partial charge in [-0.2, -0.15) is 0 Å². The molecule has 4 heterocycles. The van der Waals surface area contributed by atoms with Crippen LogP contribution in [0.3, 0.4) is 0 Å². The average molecular weight is 335 g/mol. The van der Waals surface area contributed by atoms with Crippen molar-refractivity contribution in [2.24, 2.45) is 5.92 Å². The van der Waals surface area contributed by atoms with Gasteiger partial charge in [-0.05, 0) is 30.7 Å². The monoisotopic (exact) mass is 335 g/mol. The van der Waals surface area contributed by atoms with Crippen LogP contribution in [0.1, 0.15) is 6.42 Å². The maximum Gasteiger partial charge on any atom is 0.231 e. The van der Waals surface area contributed by atoms with Crippen LogP contribution in [0.15, 0.2) is 49.1 Å². The molecule has 7 heteroatoms. The predicted octanol–water partition coefficient (Wildman–Crippen LogP) is 3.17. The molecule has 5 rings (SSSR count). The topological polar surface area (TPSA) is 75.1 Å². The SMILES string of the molecule is O=C(Nc1ccc2c(-c3ccc4nccn4c3)c[nH]c2n1)[C@@H]1C[C@@H]1F. The fourth-order valence-electron chi connectivity index (χ4n) is 3.05. The molecule has 0 bridgehead atoms. The van der Waals surface area contributed by atoms with Gasteiger partial charge >= 0.3 is 0 Å². The van der Waals surface area contributed by atoms with Crippen LogP contribution < -0.4 is 5.32 Å². The van der Waals surface area contributed by atoms with Gasteiger partial charge in [0.25, 0.3) is 0 Å². The number of nitrogens with zero attached hydrogens (tertiary/aromatic N) is 3. The number of H-pyrrole nitrogens is 1. The number of alkyl halides is 1. The van der Waals surface area contributed by atoms with Crippen molar-refractivity contribution < 1.29 is 9.18 Å². The maximum absolute atomic E-state index is 13.0. The highest BCUT2D eigenvalue weighted by Gasteiger charge is 2.43. The lowest BCUT2D eigenvalue weighted by atomic mass is 10.1. The number of halogens is 1. The van der Waals surface area contributed by atoms with Crippen LogP contribution in [0, 0.1) is 5.92 Å². The summed E-state index contributed by atoms with van der Waals surface area (Å²) < 4.78 is 14.9. The molecule has 0 unspecified atom stereocenters. The number of imidazole rings is 1. The molecule has 0 aliphatic heterocycles. The summed E-state index contributed by atoms with van der Waals surface area (Å²) in [6.45, 7) is 0. The van der Waals surface area contributed by atoms with Gasteiger partial charge in [0.1, 0.15) is 23.3 Å². The first kappa shape index (κ1) is 14.2. The lowest BCUT2D eigenvalue weighted by Gasteiger charge is -2.04.